The number of nitrogens with one attached hydrogen (secondary N) is 1. The van der Waals surface area contributed by atoms with Crippen molar-refractivity contribution < 1.29 is 18.7 Å². The Morgan fingerprint density at radius 1 is 1.24 bits per heavy atom. The van der Waals surface area contributed by atoms with Crippen LogP contribution in [0.3, 0.4) is 0 Å². The van der Waals surface area contributed by atoms with Gasteiger partial charge in [-0.15, -0.1) is 0 Å². The molecular weight excluding hydrogens is 373 g/mol. The quantitative estimate of drug-likeness (QED) is 0.627. The van der Waals surface area contributed by atoms with Gasteiger partial charge in [0, 0.05) is 30.6 Å². The summed E-state index contributed by atoms with van der Waals surface area (Å²) in [6.45, 7) is 4.27. The molecule has 0 saturated heterocycles. The standard InChI is InChI=1S/C22H24FN3O3/c1-14(24-15(2)27)12-28-18-7-8-22(20(23)9-18)26-11-17-5-6-19(10-21(17)25-26)29-13-16-3-4-16/h5-11,14,16H,3-4,12-13H2,1-2H3,(H,24,27). The van der Waals surface area contributed by atoms with E-state index in [2.05, 4.69) is 10.4 Å². The highest BCUT2D eigenvalue weighted by Gasteiger charge is 2.22. The average Bonchev–Trinajstić information content (AvgIpc) is 3.41. The minimum absolute atomic E-state index is 0.130. The fraction of sp³-hybridized carbons (Fsp3) is 0.364. The molecule has 0 bridgehead atoms. The summed E-state index contributed by atoms with van der Waals surface area (Å²) in [6, 6.07) is 10.2. The van der Waals surface area contributed by atoms with Gasteiger partial charge in [0.05, 0.1) is 18.2 Å². The van der Waals surface area contributed by atoms with E-state index in [-0.39, 0.29) is 18.6 Å². The number of carbonyl (C=O) groups is 1. The first-order valence-corrected chi connectivity index (χ1v) is 9.80. The normalized spacial score (nSPS) is 14.6. The van der Waals surface area contributed by atoms with Gasteiger partial charge in [-0.1, -0.05) is 0 Å². The van der Waals surface area contributed by atoms with Crippen LogP contribution in [0.2, 0.25) is 0 Å². The first-order valence-electron chi connectivity index (χ1n) is 9.80. The Bertz CT molecular complexity index is 1030. The van der Waals surface area contributed by atoms with Crippen molar-refractivity contribution in [2.24, 2.45) is 5.92 Å². The second-order valence-electron chi connectivity index (χ2n) is 7.57. The van der Waals surface area contributed by atoms with Crippen LogP contribution in [0.1, 0.15) is 26.7 Å². The predicted molar refractivity (Wildman–Crippen MR) is 108 cm³/mol. The van der Waals surface area contributed by atoms with Crippen LogP contribution in [0.25, 0.3) is 16.6 Å². The van der Waals surface area contributed by atoms with E-state index in [1.807, 2.05) is 25.1 Å². The van der Waals surface area contributed by atoms with E-state index in [4.69, 9.17) is 9.47 Å². The molecular formula is C22H24FN3O3. The number of carbonyl (C=O) groups excluding carboxylic acids is 1. The molecule has 1 aliphatic carbocycles. The number of nitrogens with zero attached hydrogens (tertiary/aromatic N) is 2. The largest absolute Gasteiger partial charge is 0.493 e. The molecule has 0 radical (unpaired) electrons. The van der Waals surface area contributed by atoms with E-state index in [1.54, 1.807) is 18.3 Å². The molecule has 1 aliphatic rings. The summed E-state index contributed by atoms with van der Waals surface area (Å²) >= 11 is 0. The zero-order chi connectivity index (χ0) is 20.4. The van der Waals surface area contributed by atoms with Crippen LogP contribution < -0.4 is 14.8 Å². The zero-order valence-electron chi connectivity index (χ0n) is 16.5. The van der Waals surface area contributed by atoms with Crippen molar-refractivity contribution in [3.63, 3.8) is 0 Å². The van der Waals surface area contributed by atoms with Crippen LogP contribution in [-0.2, 0) is 4.79 Å². The lowest BCUT2D eigenvalue weighted by Gasteiger charge is -2.14. The lowest BCUT2D eigenvalue weighted by molar-refractivity contribution is -0.119. The molecule has 3 aromatic rings. The highest BCUT2D eigenvalue weighted by molar-refractivity contribution is 5.80. The van der Waals surface area contributed by atoms with Gasteiger partial charge in [0.1, 0.15) is 23.8 Å². The number of amides is 1. The van der Waals surface area contributed by atoms with Crippen molar-refractivity contribution >= 4 is 16.8 Å². The van der Waals surface area contributed by atoms with Gasteiger partial charge in [0.25, 0.3) is 0 Å². The second-order valence-corrected chi connectivity index (χ2v) is 7.57. The summed E-state index contributed by atoms with van der Waals surface area (Å²) in [4.78, 5) is 11.0. The third kappa shape index (κ3) is 4.85. The Hall–Kier alpha value is -3.09. The van der Waals surface area contributed by atoms with E-state index in [9.17, 15) is 9.18 Å². The number of hydrogen-bond acceptors (Lipinski definition) is 4. The Balaban J connectivity index is 1.47. The van der Waals surface area contributed by atoms with E-state index in [0.717, 1.165) is 23.3 Å². The first kappa shape index (κ1) is 19.2. The van der Waals surface area contributed by atoms with Gasteiger partial charge in [0.2, 0.25) is 5.91 Å². The van der Waals surface area contributed by atoms with Gasteiger partial charge in [0.15, 0.2) is 5.82 Å². The topological polar surface area (TPSA) is 65.4 Å². The van der Waals surface area contributed by atoms with Crippen molar-refractivity contribution in [3.8, 4) is 17.2 Å². The fourth-order valence-electron chi connectivity index (χ4n) is 3.08. The van der Waals surface area contributed by atoms with Gasteiger partial charge in [-0.3, -0.25) is 4.79 Å². The van der Waals surface area contributed by atoms with Gasteiger partial charge >= 0.3 is 0 Å². The molecule has 152 valence electrons. The number of fused-ring (bicyclic) bond motifs is 1. The summed E-state index contributed by atoms with van der Waals surface area (Å²) in [5, 5.41) is 8.12. The summed E-state index contributed by atoms with van der Waals surface area (Å²) in [7, 11) is 0. The van der Waals surface area contributed by atoms with E-state index >= 15 is 0 Å². The van der Waals surface area contributed by atoms with Crippen molar-refractivity contribution in [3.05, 3.63) is 48.4 Å². The Labute approximate surface area is 168 Å². The maximum absolute atomic E-state index is 14.7. The molecule has 2 aromatic carbocycles. The number of halogens is 1. The number of ether oxygens (including phenoxy) is 2. The van der Waals surface area contributed by atoms with Gasteiger partial charge < -0.3 is 14.8 Å². The molecule has 1 N–H and O–H groups in total. The van der Waals surface area contributed by atoms with Crippen LogP contribution in [0.4, 0.5) is 4.39 Å². The van der Waals surface area contributed by atoms with Crippen LogP contribution >= 0.6 is 0 Å². The molecule has 0 spiro atoms. The molecule has 29 heavy (non-hydrogen) atoms. The van der Waals surface area contributed by atoms with Crippen LogP contribution in [0, 0.1) is 11.7 Å². The first-order chi connectivity index (χ1) is 14.0. The SMILES string of the molecule is CC(=O)NC(C)COc1ccc(-n2cc3ccc(OCC4CC4)cc3n2)c(F)c1. The molecule has 1 aromatic heterocycles. The summed E-state index contributed by atoms with van der Waals surface area (Å²) < 4.78 is 27.5. The maximum atomic E-state index is 14.7. The Kier molecular flexibility index (Phi) is 5.38. The minimum Gasteiger partial charge on any atom is -0.493 e. The lowest BCUT2D eigenvalue weighted by Crippen LogP contribution is -2.35. The fourth-order valence-corrected chi connectivity index (χ4v) is 3.08. The van der Waals surface area contributed by atoms with Crippen molar-refractivity contribution in [2.75, 3.05) is 13.2 Å². The van der Waals surface area contributed by atoms with Gasteiger partial charge in [-0.2, -0.15) is 5.10 Å². The molecule has 1 fully saturated rings. The smallest absolute Gasteiger partial charge is 0.217 e. The van der Waals surface area contributed by atoms with Gasteiger partial charge in [-0.25, -0.2) is 9.07 Å². The van der Waals surface area contributed by atoms with Crippen LogP contribution in [-0.4, -0.2) is 34.9 Å². The van der Waals surface area contributed by atoms with E-state index < -0.39 is 5.82 Å². The van der Waals surface area contributed by atoms with E-state index in [1.165, 1.54) is 30.5 Å². The molecule has 6 nitrogen and oxygen atoms in total. The van der Waals surface area contributed by atoms with Gasteiger partial charge in [-0.05, 0) is 49.9 Å². The lowest BCUT2D eigenvalue weighted by atomic mass is 10.2. The van der Waals surface area contributed by atoms with Crippen LogP contribution in [0.15, 0.2) is 42.6 Å². The third-order valence-electron chi connectivity index (χ3n) is 4.78. The minimum atomic E-state index is -0.437. The highest BCUT2D eigenvalue weighted by Crippen LogP contribution is 2.30. The van der Waals surface area contributed by atoms with Crippen molar-refractivity contribution in [2.45, 2.75) is 32.7 Å². The van der Waals surface area contributed by atoms with Crippen LogP contribution in [0.5, 0.6) is 11.5 Å². The zero-order valence-corrected chi connectivity index (χ0v) is 16.5. The number of benzene rings is 2. The van der Waals surface area contributed by atoms with Crippen molar-refractivity contribution in [1.82, 2.24) is 15.1 Å². The Morgan fingerprint density at radius 3 is 2.72 bits per heavy atom. The monoisotopic (exact) mass is 397 g/mol. The van der Waals surface area contributed by atoms with E-state index in [0.29, 0.717) is 17.4 Å². The molecule has 1 amide bonds. The summed E-state index contributed by atoms with van der Waals surface area (Å²) in [5.41, 5.74) is 1.09. The molecule has 1 heterocycles. The molecule has 0 aliphatic heterocycles. The average molecular weight is 397 g/mol. The molecule has 7 heteroatoms. The summed E-state index contributed by atoms with van der Waals surface area (Å²) in [5.74, 6) is 1.30. The Morgan fingerprint density at radius 2 is 2.00 bits per heavy atom. The molecule has 1 saturated carbocycles. The number of hydrogen-bond donors (Lipinski definition) is 1. The highest BCUT2D eigenvalue weighted by atomic mass is 19.1. The molecule has 4 rings (SSSR count). The summed E-state index contributed by atoms with van der Waals surface area (Å²) in [6.07, 6.45) is 4.27. The molecule has 1 atom stereocenters. The second kappa shape index (κ2) is 8.11. The predicted octanol–water partition coefficient (Wildman–Crippen LogP) is 3.86. The number of aromatic nitrogens is 2. The van der Waals surface area contributed by atoms with Crippen molar-refractivity contribution in [1.29, 1.82) is 0 Å². The number of rotatable bonds is 8. The maximum Gasteiger partial charge on any atom is 0.217 e. The molecule has 1 unspecified atom stereocenters. The third-order valence-corrected chi connectivity index (χ3v) is 4.78.